The molecular weight excluding hydrogens is 406 g/mol. The maximum atomic E-state index is 11.2. The molecule has 0 radical (unpaired) electrons. The minimum Gasteiger partial charge on any atom is -0.351 e. The van der Waals surface area contributed by atoms with E-state index in [1.165, 1.54) is 109 Å². The number of hydrogen-bond donors (Lipinski definition) is 2. The van der Waals surface area contributed by atoms with Crippen LogP contribution in [0.4, 0.5) is 0 Å². The second kappa shape index (κ2) is 20.1. The molecule has 0 spiro atoms. The summed E-state index contributed by atoms with van der Waals surface area (Å²) in [5.74, 6) is 0.0677. The molecule has 1 rings (SSSR count). The molecule has 33 heavy (non-hydrogen) atoms. The van der Waals surface area contributed by atoms with Crippen molar-refractivity contribution in [3.8, 4) is 0 Å². The van der Waals surface area contributed by atoms with Crippen molar-refractivity contribution in [1.82, 2.24) is 10.6 Å². The van der Waals surface area contributed by atoms with Gasteiger partial charge in [0.15, 0.2) is 6.17 Å². The van der Waals surface area contributed by atoms with Crippen molar-refractivity contribution in [1.29, 1.82) is 0 Å². The molecule has 1 heterocycles. The lowest BCUT2D eigenvalue weighted by Gasteiger charge is -2.37. The van der Waals surface area contributed by atoms with Gasteiger partial charge < -0.3 is 10.6 Å². The number of amides is 1. The summed E-state index contributed by atoms with van der Waals surface area (Å²) in [6, 6.07) is 0. The number of unbranched alkanes of at least 4 members (excludes halogenated alkanes) is 14. The number of allylic oxidation sites excluding steroid dienone is 2. The Morgan fingerprint density at radius 3 is 1.94 bits per heavy atom. The summed E-state index contributed by atoms with van der Waals surface area (Å²) in [5.41, 5.74) is 0. The fraction of sp³-hybridized carbons (Fsp3) is 0.828. The Hall–Kier alpha value is -1.29. The maximum absolute atomic E-state index is 11.2. The summed E-state index contributed by atoms with van der Waals surface area (Å²) < 4.78 is 0.954. The van der Waals surface area contributed by atoms with Crippen LogP contribution in [-0.2, 0) is 4.79 Å². The summed E-state index contributed by atoms with van der Waals surface area (Å²) >= 11 is 0. The predicted molar refractivity (Wildman–Crippen MR) is 144 cm³/mol. The number of carbonyl (C=O) groups is 1. The van der Waals surface area contributed by atoms with Gasteiger partial charge >= 0.3 is 0 Å². The first-order valence-corrected chi connectivity index (χ1v) is 14.3. The molecule has 0 aromatic rings. The van der Waals surface area contributed by atoms with Gasteiger partial charge in [0, 0.05) is 13.3 Å². The molecule has 0 saturated heterocycles. The van der Waals surface area contributed by atoms with Gasteiger partial charge in [0.1, 0.15) is 12.7 Å². The number of nitrogens with zero attached hydrogens (tertiary/aromatic N) is 1. The average molecular weight is 463 g/mol. The van der Waals surface area contributed by atoms with E-state index in [0.717, 1.165) is 24.1 Å². The van der Waals surface area contributed by atoms with Crippen LogP contribution in [-0.4, -0.2) is 36.2 Å². The zero-order chi connectivity index (χ0) is 24.0. The summed E-state index contributed by atoms with van der Waals surface area (Å²) in [7, 11) is 0. The van der Waals surface area contributed by atoms with Crippen LogP contribution in [0.5, 0.6) is 0 Å². The highest BCUT2D eigenvalue weighted by Crippen LogP contribution is 2.23. The highest BCUT2D eigenvalue weighted by Gasteiger charge is 2.36. The van der Waals surface area contributed by atoms with Crippen LogP contribution in [0.2, 0.25) is 0 Å². The Kier molecular flexibility index (Phi) is 18.1. The third kappa shape index (κ3) is 14.6. The topological polar surface area (TPSA) is 41.1 Å². The van der Waals surface area contributed by atoms with Gasteiger partial charge in [0.2, 0.25) is 5.91 Å². The van der Waals surface area contributed by atoms with Crippen LogP contribution < -0.4 is 10.6 Å². The van der Waals surface area contributed by atoms with Crippen molar-refractivity contribution < 1.29 is 9.28 Å². The van der Waals surface area contributed by atoms with E-state index in [4.69, 9.17) is 0 Å². The number of nitrogens with one attached hydrogen (secondary N) is 2. The van der Waals surface area contributed by atoms with Crippen LogP contribution in [0.15, 0.2) is 24.6 Å². The predicted octanol–water partition coefficient (Wildman–Crippen LogP) is 7.57. The second-order valence-electron chi connectivity index (χ2n) is 10.1. The van der Waals surface area contributed by atoms with E-state index in [0.29, 0.717) is 6.17 Å². The van der Waals surface area contributed by atoms with Crippen molar-refractivity contribution in [2.75, 3.05) is 19.6 Å². The van der Waals surface area contributed by atoms with Crippen molar-refractivity contribution >= 4 is 5.91 Å². The lowest BCUT2D eigenvalue weighted by atomic mass is 10.0. The number of likely N-dealkylation sites (N-methyl/N-ethyl adjacent to an activating group) is 1. The molecule has 4 heteroatoms. The zero-order valence-corrected chi connectivity index (χ0v) is 22.4. The molecule has 1 aliphatic rings. The largest absolute Gasteiger partial charge is 0.351 e. The Bertz CT molecular complexity index is 531. The molecule has 2 atom stereocenters. The molecule has 0 fully saturated rings. The van der Waals surface area contributed by atoms with Gasteiger partial charge in [-0.2, -0.15) is 0 Å². The third-order valence-corrected chi connectivity index (χ3v) is 7.26. The SMILES string of the molecule is CCCC/C=C/CCCCCCCCCCCCCCC1NC=C[N+]1(CC)CCNC(C)=O. The van der Waals surface area contributed by atoms with Crippen LogP contribution in [0.25, 0.3) is 0 Å². The molecule has 2 N–H and O–H groups in total. The average Bonchev–Trinajstić information content (AvgIpc) is 3.21. The maximum Gasteiger partial charge on any atom is 0.217 e. The van der Waals surface area contributed by atoms with Gasteiger partial charge in [0.25, 0.3) is 0 Å². The molecular formula is C29H56N3O+. The number of rotatable bonds is 22. The van der Waals surface area contributed by atoms with Gasteiger partial charge in [-0.1, -0.05) is 96.1 Å². The molecule has 1 aliphatic heterocycles. The van der Waals surface area contributed by atoms with Crippen LogP contribution in [0, 0.1) is 0 Å². The molecule has 0 aromatic heterocycles. The van der Waals surface area contributed by atoms with Gasteiger partial charge in [-0.25, -0.2) is 0 Å². The lowest BCUT2D eigenvalue weighted by Crippen LogP contribution is -2.55. The molecule has 0 bridgehead atoms. The number of hydrogen-bond acceptors (Lipinski definition) is 2. The zero-order valence-electron chi connectivity index (χ0n) is 22.4. The number of carbonyl (C=O) groups excluding carboxylic acids is 1. The summed E-state index contributed by atoms with van der Waals surface area (Å²) in [6.07, 6.45) is 32.8. The van der Waals surface area contributed by atoms with Gasteiger partial charge in [-0.05, 0) is 32.6 Å². The Morgan fingerprint density at radius 2 is 1.39 bits per heavy atom. The monoisotopic (exact) mass is 462 g/mol. The van der Waals surface area contributed by atoms with E-state index < -0.39 is 0 Å². The molecule has 192 valence electrons. The van der Waals surface area contributed by atoms with Crippen molar-refractivity contribution in [3.05, 3.63) is 24.6 Å². The first-order chi connectivity index (χ1) is 16.1. The lowest BCUT2D eigenvalue weighted by molar-refractivity contribution is -0.898. The van der Waals surface area contributed by atoms with Gasteiger partial charge in [-0.15, -0.1) is 0 Å². The first kappa shape index (κ1) is 29.7. The van der Waals surface area contributed by atoms with E-state index in [-0.39, 0.29) is 5.91 Å². The highest BCUT2D eigenvalue weighted by atomic mass is 16.1. The minimum atomic E-state index is 0.0677. The van der Waals surface area contributed by atoms with E-state index in [9.17, 15) is 4.79 Å². The Morgan fingerprint density at radius 1 is 0.848 bits per heavy atom. The standard InChI is InChI=1S/C29H55N3O/c1-4-6-7-8-9-10-11-12-13-14-15-16-17-18-19-20-21-22-23-29-31-25-27-32(29,5-2)26-24-30-28(3)33/h8-9,25,27,29,31H,4-7,10-24,26H2,1-3H3/p+1/b9-8+. The summed E-state index contributed by atoms with van der Waals surface area (Å²) in [4.78, 5) is 11.2. The van der Waals surface area contributed by atoms with E-state index >= 15 is 0 Å². The van der Waals surface area contributed by atoms with Crippen molar-refractivity contribution in [2.45, 2.75) is 136 Å². The van der Waals surface area contributed by atoms with Crippen LogP contribution >= 0.6 is 0 Å². The molecule has 0 saturated carbocycles. The smallest absolute Gasteiger partial charge is 0.217 e. The van der Waals surface area contributed by atoms with Gasteiger partial charge in [-0.3, -0.25) is 9.28 Å². The highest BCUT2D eigenvalue weighted by molar-refractivity contribution is 5.72. The molecule has 4 nitrogen and oxygen atoms in total. The third-order valence-electron chi connectivity index (χ3n) is 7.26. The molecule has 0 aliphatic carbocycles. The molecule has 0 aromatic carbocycles. The fourth-order valence-electron chi connectivity index (χ4n) is 4.98. The van der Waals surface area contributed by atoms with E-state index in [1.807, 2.05) is 0 Å². The summed E-state index contributed by atoms with van der Waals surface area (Å²) in [5, 5.41) is 6.53. The van der Waals surface area contributed by atoms with Crippen LogP contribution in [0.1, 0.15) is 130 Å². The van der Waals surface area contributed by atoms with Crippen molar-refractivity contribution in [2.24, 2.45) is 0 Å². The Balaban J connectivity index is 1.91. The summed E-state index contributed by atoms with van der Waals surface area (Å²) in [6.45, 7) is 8.91. The first-order valence-electron chi connectivity index (χ1n) is 14.3. The second-order valence-corrected chi connectivity index (χ2v) is 10.1. The quantitative estimate of drug-likeness (QED) is 0.0989. The normalized spacial score (nSPS) is 19.9. The fourth-order valence-corrected chi connectivity index (χ4v) is 4.98. The van der Waals surface area contributed by atoms with Crippen molar-refractivity contribution in [3.63, 3.8) is 0 Å². The molecule has 2 unspecified atom stereocenters. The van der Waals surface area contributed by atoms with Crippen LogP contribution in [0.3, 0.4) is 0 Å². The Labute approximate surface area is 206 Å². The van der Waals surface area contributed by atoms with Gasteiger partial charge in [0.05, 0.1) is 19.3 Å². The van der Waals surface area contributed by atoms with E-state index in [1.54, 1.807) is 6.92 Å². The molecule has 1 amide bonds. The minimum absolute atomic E-state index is 0.0677. The van der Waals surface area contributed by atoms with E-state index in [2.05, 4.69) is 49.0 Å². The number of quaternary nitrogens is 1.